The van der Waals surface area contributed by atoms with E-state index in [1.54, 1.807) is 42.7 Å². The third-order valence-corrected chi connectivity index (χ3v) is 5.61. The third-order valence-electron chi connectivity index (χ3n) is 5.61. The number of amides is 2. The third kappa shape index (κ3) is 6.05. The maximum atomic E-state index is 14.0. The molecular formula is C29H29FN4O2. The summed E-state index contributed by atoms with van der Waals surface area (Å²) in [4.78, 5) is 36.4. The van der Waals surface area contributed by atoms with Gasteiger partial charge in [-0.05, 0) is 73.9 Å². The Bertz CT molecular complexity index is 1310. The highest BCUT2D eigenvalue weighted by Gasteiger charge is 2.34. The summed E-state index contributed by atoms with van der Waals surface area (Å²) < 4.78 is 13.6. The van der Waals surface area contributed by atoms with Gasteiger partial charge >= 0.3 is 0 Å². The SMILES string of the molecule is CC(C)(C)NC(=O)[C@@H](c1ccncc1)N(Cc1ccc(F)cc1)C(=O)c1ccc(-c2ccccc2)[nH]1. The molecule has 0 saturated carbocycles. The number of carbonyl (C=O) groups excluding carboxylic acids is 2. The highest BCUT2D eigenvalue weighted by atomic mass is 19.1. The van der Waals surface area contributed by atoms with E-state index in [4.69, 9.17) is 0 Å². The summed E-state index contributed by atoms with van der Waals surface area (Å²) in [5, 5.41) is 3.01. The van der Waals surface area contributed by atoms with Gasteiger partial charge in [-0.2, -0.15) is 0 Å². The second-order valence-electron chi connectivity index (χ2n) is 9.63. The topological polar surface area (TPSA) is 78.1 Å². The Kier molecular flexibility index (Phi) is 7.29. The van der Waals surface area contributed by atoms with Crippen LogP contribution >= 0.6 is 0 Å². The van der Waals surface area contributed by atoms with Gasteiger partial charge in [0.1, 0.15) is 17.6 Å². The molecule has 0 bridgehead atoms. The molecule has 2 N–H and O–H groups in total. The van der Waals surface area contributed by atoms with Crippen molar-refractivity contribution in [3.63, 3.8) is 0 Å². The Morgan fingerprint density at radius 3 is 2.25 bits per heavy atom. The molecule has 0 aliphatic carbocycles. The first kappa shape index (κ1) is 24.9. The van der Waals surface area contributed by atoms with Crippen LogP contribution in [0.1, 0.15) is 48.4 Å². The molecule has 2 heterocycles. The molecule has 4 rings (SSSR count). The number of halogens is 1. The van der Waals surface area contributed by atoms with Crippen LogP contribution in [-0.2, 0) is 11.3 Å². The van der Waals surface area contributed by atoms with Gasteiger partial charge < -0.3 is 15.2 Å². The number of rotatable bonds is 7. The Labute approximate surface area is 210 Å². The molecule has 7 heteroatoms. The summed E-state index contributed by atoms with van der Waals surface area (Å²) in [5.41, 5.74) is 2.88. The molecule has 0 aliphatic heterocycles. The van der Waals surface area contributed by atoms with Crippen molar-refractivity contribution >= 4 is 11.8 Å². The molecule has 2 amide bonds. The number of H-pyrrole nitrogens is 1. The number of pyridine rings is 1. The minimum Gasteiger partial charge on any atom is -0.351 e. The minimum atomic E-state index is -0.937. The summed E-state index contributed by atoms with van der Waals surface area (Å²) in [5.74, 6) is -1.05. The first-order valence-electron chi connectivity index (χ1n) is 11.7. The largest absolute Gasteiger partial charge is 0.351 e. The van der Waals surface area contributed by atoms with Gasteiger partial charge in [-0.1, -0.05) is 42.5 Å². The van der Waals surface area contributed by atoms with E-state index in [0.717, 1.165) is 11.3 Å². The van der Waals surface area contributed by atoms with Gasteiger partial charge in [0.05, 0.1) is 0 Å². The molecule has 36 heavy (non-hydrogen) atoms. The summed E-state index contributed by atoms with van der Waals surface area (Å²) in [7, 11) is 0. The van der Waals surface area contributed by atoms with E-state index in [1.807, 2.05) is 57.2 Å². The molecule has 2 aromatic carbocycles. The molecule has 0 spiro atoms. The molecule has 0 aliphatic rings. The minimum absolute atomic E-state index is 0.101. The van der Waals surface area contributed by atoms with Crippen molar-refractivity contribution in [2.75, 3.05) is 0 Å². The van der Waals surface area contributed by atoms with Crippen molar-refractivity contribution in [2.24, 2.45) is 0 Å². The fourth-order valence-corrected chi connectivity index (χ4v) is 3.98. The van der Waals surface area contributed by atoms with Gasteiger partial charge in [0.25, 0.3) is 5.91 Å². The van der Waals surface area contributed by atoms with Crippen LogP contribution in [0.2, 0.25) is 0 Å². The zero-order valence-corrected chi connectivity index (χ0v) is 20.5. The molecule has 184 valence electrons. The number of aromatic amines is 1. The summed E-state index contributed by atoms with van der Waals surface area (Å²) >= 11 is 0. The van der Waals surface area contributed by atoms with Gasteiger partial charge in [0.2, 0.25) is 5.91 Å². The van der Waals surface area contributed by atoms with Crippen molar-refractivity contribution < 1.29 is 14.0 Å². The van der Waals surface area contributed by atoms with Crippen LogP contribution in [-0.4, -0.2) is 32.2 Å². The zero-order valence-electron chi connectivity index (χ0n) is 20.5. The monoisotopic (exact) mass is 484 g/mol. The van der Waals surface area contributed by atoms with Crippen LogP contribution in [0.5, 0.6) is 0 Å². The quantitative estimate of drug-likeness (QED) is 0.363. The Hall–Kier alpha value is -4.26. The van der Waals surface area contributed by atoms with Crippen molar-refractivity contribution in [1.29, 1.82) is 0 Å². The van der Waals surface area contributed by atoms with Gasteiger partial charge in [-0.3, -0.25) is 14.6 Å². The molecule has 2 aromatic heterocycles. The van der Waals surface area contributed by atoms with Gasteiger partial charge in [0, 0.05) is 30.2 Å². The molecule has 0 unspecified atom stereocenters. The highest BCUT2D eigenvalue weighted by molar-refractivity contribution is 5.97. The lowest BCUT2D eigenvalue weighted by atomic mass is 10.0. The number of nitrogens with zero attached hydrogens (tertiary/aromatic N) is 2. The van der Waals surface area contributed by atoms with E-state index in [0.29, 0.717) is 16.8 Å². The standard InChI is InChI=1S/C29H29FN4O2/c1-29(2,3)33-27(35)26(22-15-17-31-18-16-22)34(19-20-9-11-23(30)12-10-20)28(36)25-14-13-24(32-25)21-7-5-4-6-8-21/h4-18,26,32H,19H2,1-3H3,(H,33,35)/t26-/m1/s1. The number of carbonyl (C=O) groups is 2. The van der Waals surface area contributed by atoms with Gasteiger partial charge in [-0.25, -0.2) is 4.39 Å². The molecule has 0 radical (unpaired) electrons. The lowest BCUT2D eigenvalue weighted by Gasteiger charge is -2.33. The number of hydrogen-bond donors (Lipinski definition) is 2. The van der Waals surface area contributed by atoms with E-state index in [9.17, 15) is 14.0 Å². The normalized spacial score (nSPS) is 12.1. The van der Waals surface area contributed by atoms with E-state index >= 15 is 0 Å². The van der Waals surface area contributed by atoms with Crippen LogP contribution in [0.15, 0.2) is 91.3 Å². The first-order chi connectivity index (χ1) is 17.2. The van der Waals surface area contributed by atoms with Crippen LogP contribution in [0.4, 0.5) is 4.39 Å². The van der Waals surface area contributed by atoms with Crippen LogP contribution in [0, 0.1) is 5.82 Å². The Morgan fingerprint density at radius 2 is 1.61 bits per heavy atom. The second-order valence-corrected chi connectivity index (χ2v) is 9.63. The fourth-order valence-electron chi connectivity index (χ4n) is 3.98. The van der Waals surface area contributed by atoms with Crippen molar-refractivity contribution in [3.05, 3.63) is 114 Å². The maximum Gasteiger partial charge on any atom is 0.271 e. The average molecular weight is 485 g/mol. The van der Waals surface area contributed by atoms with E-state index < -0.39 is 11.6 Å². The average Bonchev–Trinajstić information content (AvgIpc) is 3.35. The zero-order chi connectivity index (χ0) is 25.7. The van der Waals surface area contributed by atoms with Crippen molar-refractivity contribution in [3.8, 4) is 11.3 Å². The van der Waals surface area contributed by atoms with Crippen LogP contribution < -0.4 is 5.32 Å². The fraction of sp³-hybridized carbons (Fsp3) is 0.207. The predicted octanol–water partition coefficient (Wildman–Crippen LogP) is 5.51. The Morgan fingerprint density at radius 1 is 0.944 bits per heavy atom. The highest BCUT2D eigenvalue weighted by Crippen LogP contribution is 2.27. The van der Waals surface area contributed by atoms with E-state index in [2.05, 4.69) is 15.3 Å². The molecule has 4 aromatic rings. The lowest BCUT2D eigenvalue weighted by molar-refractivity contribution is -0.127. The predicted molar refractivity (Wildman–Crippen MR) is 137 cm³/mol. The number of benzene rings is 2. The number of nitrogens with one attached hydrogen (secondary N) is 2. The molecular weight excluding hydrogens is 455 g/mol. The number of hydrogen-bond acceptors (Lipinski definition) is 3. The van der Waals surface area contributed by atoms with Crippen LogP contribution in [0.3, 0.4) is 0 Å². The molecule has 1 atom stereocenters. The van der Waals surface area contributed by atoms with Crippen LogP contribution in [0.25, 0.3) is 11.3 Å². The van der Waals surface area contributed by atoms with E-state index in [-0.39, 0.29) is 24.2 Å². The molecule has 0 fully saturated rings. The maximum absolute atomic E-state index is 14.0. The van der Waals surface area contributed by atoms with Gasteiger partial charge in [-0.15, -0.1) is 0 Å². The molecule has 6 nitrogen and oxygen atoms in total. The van der Waals surface area contributed by atoms with Gasteiger partial charge in [0.15, 0.2) is 0 Å². The van der Waals surface area contributed by atoms with Crippen molar-refractivity contribution in [1.82, 2.24) is 20.2 Å². The second kappa shape index (κ2) is 10.6. The smallest absolute Gasteiger partial charge is 0.271 e. The molecule has 0 saturated heterocycles. The number of aromatic nitrogens is 2. The van der Waals surface area contributed by atoms with E-state index in [1.165, 1.54) is 17.0 Å². The first-order valence-corrected chi connectivity index (χ1v) is 11.7. The summed E-state index contributed by atoms with van der Waals surface area (Å²) in [6.07, 6.45) is 3.19. The summed E-state index contributed by atoms with van der Waals surface area (Å²) in [6.45, 7) is 5.76. The Balaban J connectivity index is 1.77. The van der Waals surface area contributed by atoms with Crippen molar-refractivity contribution in [2.45, 2.75) is 38.9 Å². The lowest BCUT2D eigenvalue weighted by Crippen LogP contribution is -2.49. The summed E-state index contributed by atoms with van der Waals surface area (Å²) in [6, 6.07) is 21.7.